The zero-order chi connectivity index (χ0) is 11.4. The fraction of sp³-hybridized carbons (Fsp3) is 0.833. The number of nitrogens with zero attached hydrogens (tertiary/aromatic N) is 3. The van der Waals surface area contributed by atoms with Gasteiger partial charge in [-0.25, -0.2) is 0 Å². The van der Waals surface area contributed by atoms with Gasteiger partial charge in [-0.05, 0) is 26.3 Å². The van der Waals surface area contributed by atoms with Crippen molar-refractivity contribution in [3.63, 3.8) is 0 Å². The average molecular weight is 223 g/mol. The molecule has 16 heavy (non-hydrogen) atoms. The van der Waals surface area contributed by atoms with Crippen molar-refractivity contribution in [3.8, 4) is 0 Å². The van der Waals surface area contributed by atoms with Crippen molar-refractivity contribution in [2.45, 2.75) is 58.0 Å². The lowest BCUT2D eigenvalue weighted by Crippen LogP contribution is -2.28. The van der Waals surface area contributed by atoms with Crippen molar-refractivity contribution in [1.82, 2.24) is 15.0 Å². The Morgan fingerprint density at radius 1 is 1.38 bits per heavy atom. The van der Waals surface area contributed by atoms with Crippen LogP contribution >= 0.6 is 0 Å². The summed E-state index contributed by atoms with van der Waals surface area (Å²) in [5, 5.41) is 3.97. The Bertz CT molecular complexity index is 318. The van der Waals surface area contributed by atoms with Crippen LogP contribution < -0.4 is 0 Å². The Morgan fingerprint density at radius 2 is 2.12 bits per heavy atom. The first-order valence-corrected chi connectivity index (χ1v) is 6.31. The second-order valence-corrected chi connectivity index (χ2v) is 4.71. The van der Waals surface area contributed by atoms with Crippen LogP contribution in [0.2, 0.25) is 0 Å². The van der Waals surface area contributed by atoms with Gasteiger partial charge < -0.3 is 4.52 Å². The van der Waals surface area contributed by atoms with E-state index in [9.17, 15) is 0 Å². The molecular formula is C12H21N3O. The molecule has 0 aromatic carbocycles. The lowest BCUT2D eigenvalue weighted by atomic mass is 10.2. The molecule has 0 atom stereocenters. The van der Waals surface area contributed by atoms with Crippen LogP contribution in [0.5, 0.6) is 0 Å². The summed E-state index contributed by atoms with van der Waals surface area (Å²) < 4.78 is 5.24. The summed E-state index contributed by atoms with van der Waals surface area (Å²) in [5.74, 6) is 1.61. The maximum Gasteiger partial charge on any atom is 0.240 e. The maximum atomic E-state index is 5.24. The smallest absolute Gasteiger partial charge is 0.240 e. The molecule has 0 radical (unpaired) electrons. The molecule has 0 amide bonds. The van der Waals surface area contributed by atoms with Gasteiger partial charge in [-0.1, -0.05) is 24.9 Å². The Kier molecular flexibility index (Phi) is 3.93. The molecule has 1 saturated carbocycles. The third kappa shape index (κ3) is 2.82. The molecule has 4 heteroatoms. The van der Waals surface area contributed by atoms with E-state index in [-0.39, 0.29) is 0 Å². The van der Waals surface area contributed by atoms with E-state index in [4.69, 9.17) is 4.52 Å². The highest BCUT2D eigenvalue weighted by atomic mass is 16.5. The van der Waals surface area contributed by atoms with Crippen molar-refractivity contribution in [3.05, 3.63) is 11.7 Å². The van der Waals surface area contributed by atoms with Gasteiger partial charge in [-0.2, -0.15) is 4.98 Å². The maximum absolute atomic E-state index is 5.24. The minimum Gasteiger partial charge on any atom is -0.338 e. The van der Waals surface area contributed by atoms with Crippen molar-refractivity contribution < 1.29 is 4.52 Å². The summed E-state index contributed by atoms with van der Waals surface area (Å²) in [6, 6.07) is 0.710. The summed E-state index contributed by atoms with van der Waals surface area (Å²) in [7, 11) is 2.15. The quantitative estimate of drug-likeness (QED) is 0.768. The van der Waals surface area contributed by atoms with Crippen LogP contribution in [0.1, 0.15) is 50.7 Å². The summed E-state index contributed by atoms with van der Waals surface area (Å²) in [6.45, 7) is 2.92. The van der Waals surface area contributed by atoms with Crippen LogP contribution in [0, 0.1) is 0 Å². The van der Waals surface area contributed by atoms with Gasteiger partial charge in [-0.15, -0.1) is 0 Å². The van der Waals surface area contributed by atoms with Crippen molar-refractivity contribution in [1.29, 1.82) is 0 Å². The van der Waals surface area contributed by atoms with Crippen LogP contribution in [-0.2, 0) is 13.0 Å². The highest BCUT2D eigenvalue weighted by Crippen LogP contribution is 2.23. The van der Waals surface area contributed by atoms with E-state index in [1.54, 1.807) is 0 Å². The van der Waals surface area contributed by atoms with Crippen molar-refractivity contribution >= 4 is 0 Å². The predicted molar refractivity (Wildman–Crippen MR) is 62.0 cm³/mol. The summed E-state index contributed by atoms with van der Waals surface area (Å²) in [4.78, 5) is 6.74. The van der Waals surface area contributed by atoms with Gasteiger partial charge in [0.2, 0.25) is 5.89 Å². The Balaban J connectivity index is 1.87. The van der Waals surface area contributed by atoms with Gasteiger partial charge in [0, 0.05) is 12.5 Å². The van der Waals surface area contributed by atoms with Gasteiger partial charge in [0.1, 0.15) is 0 Å². The largest absolute Gasteiger partial charge is 0.338 e. The number of hydrogen-bond donors (Lipinski definition) is 0. The van der Waals surface area contributed by atoms with E-state index in [0.29, 0.717) is 6.04 Å². The Labute approximate surface area is 97.0 Å². The van der Waals surface area contributed by atoms with Gasteiger partial charge in [0.15, 0.2) is 5.82 Å². The molecule has 0 unspecified atom stereocenters. The molecular weight excluding hydrogens is 202 g/mol. The topological polar surface area (TPSA) is 42.2 Å². The molecule has 0 N–H and O–H groups in total. The minimum atomic E-state index is 0.710. The Hall–Kier alpha value is -0.900. The number of rotatable bonds is 5. The van der Waals surface area contributed by atoms with Gasteiger partial charge in [0.25, 0.3) is 0 Å². The molecule has 0 saturated heterocycles. The summed E-state index contributed by atoms with van der Waals surface area (Å²) >= 11 is 0. The zero-order valence-electron chi connectivity index (χ0n) is 10.3. The lowest BCUT2D eigenvalue weighted by Gasteiger charge is -2.21. The molecule has 90 valence electrons. The molecule has 2 rings (SSSR count). The highest BCUT2D eigenvalue weighted by Gasteiger charge is 2.21. The van der Waals surface area contributed by atoms with Gasteiger partial charge in [0.05, 0.1) is 6.54 Å². The molecule has 0 aliphatic heterocycles. The monoisotopic (exact) mass is 223 g/mol. The molecule has 1 fully saturated rings. The molecule has 1 aromatic heterocycles. The highest BCUT2D eigenvalue weighted by molar-refractivity contribution is 4.87. The normalized spacial score (nSPS) is 17.4. The number of aromatic nitrogens is 2. The fourth-order valence-corrected chi connectivity index (χ4v) is 2.37. The Morgan fingerprint density at radius 3 is 2.81 bits per heavy atom. The fourth-order valence-electron chi connectivity index (χ4n) is 2.37. The SMILES string of the molecule is CCCc1noc(CN(C)C2CCCC2)n1. The van der Waals surface area contributed by atoms with E-state index in [1.807, 2.05) is 0 Å². The second-order valence-electron chi connectivity index (χ2n) is 4.71. The van der Waals surface area contributed by atoms with Crippen molar-refractivity contribution in [2.75, 3.05) is 7.05 Å². The van der Waals surface area contributed by atoms with E-state index >= 15 is 0 Å². The first-order chi connectivity index (χ1) is 7.79. The minimum absolute atomic E-state index is 0.710. The number of hydrogen-bond acceptors (Lipinski definition) is 4. The standard InChI is InChI=1S/C12H21N3O/c1-3-6-11-13-12(16-14-11)9-15(2)10-7-4-5-8-10/h10H,3-9H2,1-2H3. The summed E-state index contributed by atoms with van der Waals surface area (Å²) in [6.07, 6.45) is 7.33. The molecule has 0 spiro atoms. The third-order valence-corrected chi connectivity index (χ3v) is 3.32. The van der Waals surface area contributed by atoms with E-state index in [1.165, 1.54) is 25.7 Å². The molecule has 1 aromatic rings. The lowest BCUT2D eigenvalue weighted by molar-refractivity contribution is 0.205. The van der Waals surface area contributed by atoms with Gasteiger partial charge >= 0.3 is 0 Å². The zero-order valence-corrected chi connectivity index (χ0v) is 10.3. The first kappa shape index (κ1) is 11.6. The van der Waals surface area contributed by atoms with Crippen LogP contribution in [0.25, 0.3) is 0 Å². The van der Waals surface area contributed by atoms with Crippen molar-refractivity contribution in [2.24, 2.45) is 0 Å². The number of aryl methyl sites for hydroxylation is 1. The van der Waals surface area contributed by atoms with Crippen LogP contribution in [0.3, 0.4) is 0 Å². The van der Waals surface area contributed by atoms with E-state index < -0.39 is 0 Å². The predicted octanol–water partition coefficient (Wildman–Crippen LogP) is 2.40. The van der Waals surface area contributed by atoms with E-state index in [2.05, 4.69) is 29.0 Å². The van der Waals surface area contributed by atoms with Gasteiger partial charge in [-0.3, -0.25) is 4.90 Å². The molecule has 1 aliphatic carbocycles. The molecule has 0 bridgehead atoms. The molecule has 4 nitrogen and oxygen atoms in total. The average Bonchev–Trinajstić information content (AvgIpc) is 2.89. The first-order valence-electron chi connectivity index (χ1n) is 6.31. The van der Waals surface area contributed by atoms with Crippen LogP contribution in [0.4, 0.5) is 0 Å². The van der Waals surface area contributed by atoms with E-state index in [0.717, 1.165) is 31.1 Å². The third-order valence-electron chi connectivity index (χ3n) is 3.32. The van der Waals surface area contributed by atoms with Crippen LogP contribution in [0.15, 0.2) is 4.52 Å². The molecule has 1 aliphatic rings. The molecule has 1 heterocycles. The van der Waals surface area contributed by atoms with Crippen LogP contribution in [-0.4, -0.2) is 28.1 Å². The second kappa shape index (κ2) is 5.43. The summed E-state index contributed by atoms with van der Waals surface area (Å²) in [5.41, 5.74) is 0.